The molecule has 0 aromatic rings. The lowest BCUT2D eigenvalue weighted by Crippen LogP contribution is -2.71. The molecule has 0 aromatic heterocycles. The van der Waals surface area contributed by atoms with E-state index in [4.69, 9.17) is 0 Å². The molecule has 374 valence electrons. The van der Waals surface area contributed by atoms with E-state index in [1.54, 1.807) is 0 Å². The molecule has 0 aliphatic heterocycles. The third kappa shape index (κ3) is 8.81. The highest BCUT2D eigenvalue weighted by molar-refractivity contribution is 7.87. The molecule has 0 radical (unpaired) electrons. The van der Waals surface area contributed by atoms with Crippen molar-refractivity contribution in [3.8, 4) is 0 Å². The van der Waals surface area contributed by atoms with E-state index in [1.807, 2.05) is 0 Å². The Morgan fingerprint density at radius 1 is 0.290 bits per heavy atom. The maximum absolute atomic E-state index is 13.8. The monoisotopic (exact) mass is 1050 g/mol. The second-order valence-corrected chi connectivity index (χ2v) is 12.0. The molecule has 1 unspecified atom stereocenters. The standard InChI is InChI=1S/C18HF37O6S/c19-1(58-62(56,57)18(54,55)9(34,35)6(28,29)11(39,40)41)2(20,21)3(22,23)4(24,25)7(30,31)12(42,43)59-14(46,47)16(50,51)61-17(52,53)15(48,49)60-13(44,45)8(32,33)5(26,27)10(36,37)38/h1H. The normalized spacial score (nSPS) is 17.4. The van der Waals surface area contributed by atoms with Crippen LogP contribution in [0.5, 0.6) is 0 Å². The van der Waals surface area contributed by atoms with Crippen molar-refractivity contribution in [3.63, 3.8) is 0 Å². The number of halogens is 37. The fraction of sp³-hybridized carbons (Fsp3) is 1.00. The van der Waals surface area contributed by atoms with Gasteiger partial charge in [-0.15, -0.1) is 0 Å². The van der Waals surface area contributed by atoms with Crippen molar-refractivity contribution in [2.75, 3.05) is 0 Å². The van der Waals surface area contributed by atoms with Crippen LogP contribution >= 0.6 is 0 Å². The second kappa shape index (κ2) is 15.1. The van der Waals surface area contributed by atoms with Crippen molar-refractivity contribution >= 4 is 10.1 Å². The Kier molecular flexibility index (Phi) is 14.4. The lowest BCUT2D eigenvalue weighted by molar-refractivity contribution is -0.577. The van der Waals surface area contributed by atoms with Crippen LogP contribution in [0.4, 0.5) is 162 Å². The highest BCUT2D eigenvalue weighted by Crippen LogP contribution is 2.62. The maximum atomic E-state index is 13.8. The summed E-state index contributed by atoms with van der Waals surface area (Å²) in [6, 6.07) is 0. The number of ether oxygens (including phenoxy) is 3. The molecule has 0 spiro atoms. The molecule has 0 heterocycles. The predicted octanol–water partition coefficient (Wildman–Crippen LogP) is 11.0. The third-order valence-corrected chi connectivity index (χ3v) is 7.37. The van der Waals surface area contributed by atoms with Gasteiger partial charge in [-0.2, -0.15) is 166 Å². The Morgan fingerprint density at radius 3 is 0.774 bits per heavy atom. The fourth-order valence-corrected chi connectivity index (χ4v) is 3.60. The average molecular weight is 1050 g/mol. The Balaban J connectivity index is 6.96. The summed E-state index contributed by atoms with van der Waals surface area (Å²) < 4.78 is 513. The molecule has 0 aliphatic carbocycles. The molecule has 0 fully saturated rings. The van der Waals surface area contributed by atoms with Gasteiger partial charge < -0.3 is 0 Å². The summed E-state index contributed by atoms with van der Waals surface area (Å²) in [6.45, 7) is 0. The van der Waals surface area contributed by atoms with Gasteiger partial charge in [0.05, 0.1) is 0 Å². The minimum Gasteiger partial charge on any atom is -0.243 e. The quantitative estimate of drug-likeness (QED) is 0.0894. The zero-order valence-electron chi connectivity index (χ0n) is 25.9. The minimum absolute atomic E-state index is 0.700. The summed E-state index contributed by atoms with van der Waals surface area (Å²) in [7, 11) is -9.34. The van der Waals surface area contributed by atoms with Crippen LogP contribution in [0.1, 0.15) is 0 Å². The zero-order valence-corrected chi connectivity index (χ0v) is 26.7. The molecule has 0 bridgehead atoms. The Hall–Kier alpha value is -2.80. The van der Waals surface area contributed by atoms with E-state index in [9.17, 15) is 171 Å². The highest BCUT2D eigenvalue weighted by Gasteiger charge is 2.92. The molecule has 0 aliphatic rings. The first-order valence-corrected chi connectivity index (χ1v) is 13.9. The number of hydrogen-bond donors (Lipinski definition) is 0. The number of hydrogen-bond acceptors (Lipinski definition) is 6. The lowest BCUT2D eigenvalue weighted by atomic mass is 9.97. The van der Waals surface area contributed by atoms with E-state index in [1.165, 1.54) is 4.18 Å². The summed E-state index contributed by atoms with van der Waals surface area (Å²) in [4.78, 5) is 0. The second-order valence-electron chi connectivity index (χ2n) is 10.4. The molecule has 6 nitrogen and oxygen atoms in total. The summed E-state index contributed by atoms with van der Waals surface area (Å²) in [5.41, 5.74) is 0. The molecule has 0 saturated carbocycles. The third-order valence-electron chi connectivity index (χ3n) is 6.06. The summed E-state index contributed by atoms with van der Waals surface area (Å²) in [5, 5.41) is -8.65. The van der Waals surface area contributed by atoms with Crippen LogP contribution in [0.2, 0.25) is 0 Å². The van der Waals surface area contributed by atoms with Crippen molar-refractivity contribution in [1.82, 2.24) is 0 Å². The van der Waals surface area contributed by atoms with E-state index < -0.39 is 118 Å². The fourth-order valence-electron chi connectivity index (χ4n) is 2.69. The van der Waals surface area contributed by atoms with Crippen LogP contribution in [0.25, 0.3) is 0 Å². The Bertz CT molecular complexity index is 1710. The molecular formula is C18HF37O6S. The van der Waals surface area contributed by atoms with Gasteiger partial charge in [-0.3, -0.25) is 0 Å². The van der Waals surface area contributed by atoms with Crippen LogP contribution in [-0.2, 0) is 28.5 Å². The SMILES string of the molecule is O=S(=O)(OC(F)C(F)(F)C(F)(F)C(F)(F)C(F)(F)C(F)(F)OC(F)(F)C(F)(F)OC(F)(F)C(F)(F)OC(F)(F)C(F)(F)C(F)(F)C(F)(F)F)C(F)(F)C(F)(F)C(F)(F)C(F)(F)F. The summed E-state index contributed by atoms with van der Waals surface area (Å²) in [5.74, 6) is -71.7. The molecule has 0 amide bonds. The molecule has 62 heavy (non-hydrogen) atoms. The van der Waals surface area contributed by atoms with Crippen molar-refractivity contribution in [3.05, 3.63) is 0 Å². The number of rotatable bonds is 20. The van der Waals surface area contributed by atoms with E-state index in [2.05, 4.69) is 0 Å². The molecule has 1 atom stereocenters. The molecule has 0 aromatic carbocycles. The highest BCUT2D eigenvalue weighted by atomic mass is 32.2. The van der Waals surface area contributed by atoms with Gasteiger partial charge in [0.25, 0.3) is 6.36 Å². The molecule has 0 N–H and O–H groups in total. The first-order valence-electron chi connectivity index (χ1n) is 12.5. The van der Waals surface area contributed by atoms with Gasteiger partial charge in [0, 0.05) is 0 Å². The predicted molar refractivity (Wildman–Crippen MR) is 104 cm³/mol. The van der Waals surface area contributed by atoms with Gasteiger partial charge >= 0.3 is 112 Å². The zero-order chi connectivity index (χ0) is 51.4. The van der Waals surface area contributed by atoms with Gasteiger partial charge in [0.1, 0.15) is 0 Å². The van der Waals surface area contributed by atoms with Gasteiger partial charge in [0.15, 0.2) is 0 Å². The van der Waals surface area contributed by atoms with Crippen molar-refractivity contribution in [2.24, 2.45) is 0 Å². The first kappa shape index (κ1) is 59.2. The van der Waals surface area contributed by atoms with Crippen LogP contribution in [-0.4, -0.2) is 116 Å². The van der Waals surface area contributed by atoms with Gasteiger partial charge in [0.2, 0.25) is 0 Å². The van der Waals surface area contributed by atoms with Gasteiger partial charge in [-0.25, -0.2) is 22.8 Å². The van der Waals surface area contributed by atoms with Gasteiger partial charge in [-0.05, 0) is 0 Å². The lowest BCUT2D eigenvalue weighted by Gasteiger charge is -2.41. The van der Waals surface area contributed by atoms with Gasteiger partial charge in [-0.1, -0.05) is 0 Å². The topological polar surface area (TPSA) is 71.1 Å². The van der Waals surface area contributed by atoms with Crippen LogP contribution in [0, 0.1) is 0 Å². The van der Waals surface area contributed by atoms with E-state index >= 15 is 0 Å². The van der Waals surface area contributed by atoms with Crippen LogP contribution < -0.4 is 0 Å². The molecule has 44 heteroatoms. The van der Waals surface area contributed by atoms with E-state index in [-0.39, 0.29) is 0 Å². The minimum atomic E-state index is -9.58. The maximum Gasteiger partial charge on any atom is 0.460 e. The van der Waals surface area contributed by atoms with Crippen molar-refractivity contribution in [1.29, 1.82) is 0 Å². The van der Waals surface area contributed by atoms with E-state index in [0.29, 0.717) is 4.74 Å². The van der Waals surface area contributed by atoms with E-state index in [0.717, 1.165) is 9.47 Å². The Labute approximate surface area is 308 Å². The summed E-state index contributed by atoms with van der Waals surface area (Å²) >= 11 is 0. The van der Waals surface area contributed by atoms with Crippen molar-refractivity contribution in [2.45, 2.75) is 108 Å². The largest absolute Gasteiger partial charge is 0.460 e. The first-order chi connectivity index (χ1) is 26.0. The molecule has 0 rings (SSSR count). The van der Waals surface area contributed by atoms with Crippen molar-refractivity contribution < 1.29 is 189 Å². The Morgan fingerprint density at radius 2 is 0.516 bits per heavy atom. The average Bonchev–Trinajstić information content (AvgIpc) is 2.97. The summed E-state index contributed by atoms with van der Waals surface area (Å²) in [6.07, 6.45) is -76.1. The number of alkyl halides is 37. The molecule has 0 saturated heterocycles. The molecular weight excluding hydrogens is 1050 g/mol. The van der Waals surface area contributed by atoms with Crippen LogP contribution in [0.15, 0.2) is 0 Å². The van der Waals surface area contributed by atoms with Crippen LogP contribution in [0.3, 0.4) is 0 Å². The smallest absolute Gasteiger partial charge is 0.243 e.